The summed E-state index contributed by atoms with van der Waals surface area (Å²) in [6.07, 6.45) is 0. The van der Waals surface area contributed by atoms with E-state index in [1.165, 1.54) is 6.92 Å². The maximum atomic E-state index is 9.82. The zero-order chi connectivity index (χ0) is 6.99. The SMILES string of the molecule is CCOC(C)=O.[C-]#N.[Zn]. The Morgan fingerprint density at radius 2 is 2.00 bits per heavy atom. The van der Waals surface area contributed by atoms with Crippen molar-refractivity contribution >= 4 is 5.97 Å². The van der Waals surface area contributed by atoms with E-state index in [2.05, 4.69) is 4.74 Å². The number of rotatable bonds is 1. The molecule has 0 unspecified atom stereocenters. The molecule has 0 saturated carbocycles. The van der Waals surface area contributed by atoms with Gasteiger partial charge in [-0.25, -0.2) is 0 Å². The van der Waals surface area contributed by atoms with Crippen LogP contribution in [0.3, 0.4) is 0 Å². The van der Waals surface area contributed by atoms with Crippen LogP contribution in [0.4, 0.5) is 0 Å². The van der Waals surface area contributed by atoms with Crippen molar-refractivity contribution in [3.05, 3.63) is 6.57 Å². The second-order valence-electron chi connectivity index (χ2n) is 0.925. The van der Waals surface area contributed by atoms with Gasteiger partial charge in [0.1, 0.15) is 0 Å². The number of hydrogen-bond donors (Lipinski definition) is 0. The molecule has 0 radical (unpaired) electrons. The molecule has 0 aliphatic carbocycles. The van der Waals surface area contributed by atoms with Gasteiger partial charge in [-0.2, -0.15) is 0 Å². The van der Waals surface area contributed by atoms with Gasteiger partial charge in [0.05, 0.1) is 6.61 Å². The van der Waals surface area contributed by atoms with Crippen LogP contribution in [-0.2, 0) is 29.0 Å². The van der Waals surface area contributed by atoms with E-state index in [1.807, 2.05) is 0 Å². The summed E-state index contributed by atoms with van der Waals surface area (Å²) in [5, 5.41) is 6.25. The molecular weight excluding hydrogens is 171 g/mol. The molecule has 0 aromatic heterocycles. The standard InChI is InChI=1S/C4H8O2.CN.Zn/c1-3-6-4(2)5;1-2;/h3H2,1-2H3;;/q;-1;. The molecule has 0 bridgehead atoms. The van der Waals surface area contributed by atoms with Crippen LogP contribution in [-0.4, -0.2) is 12.6 Å². The Morgan fingerprint density at radius 1 is 1.67 bits per heavy atom. The van der Waals surface area contributed by atoms with Crippen LogP contribution in [0.15, 0.2) is 0 Å². The third kappa shape index (κ3) is 35.4. The van der Waals surface area contributed by atoms with Crippen molar-refractivity contribution in [2.45, 2.75) is 13.8 Å². The Morgan fingerprint density at radius 3 is 2.00 bits per heavy atom. The van der Waals surface area contributed by atoms with Crippen LogP contribution in [0.1, 0.15) is 13.8 Å². The minimum atomic E-state index is -0.211. The molecule has 0 aliphatic heterocycles. The zero-order valence-corrected chi connectivity index (χ0v) is 8.65. The monoisotopic (exact) mass is 178 g/mol. The van der Waals surface area contributed by atoms with E-state index in [4.69, 9.17) is 11.8 Å². The van der Waals surface area contributed by atoms with Crippen LogP contribution >= 0.6 is 0 Å². The maximum Gasteiger partial charge on any atom is 0.302 e. The summed E-state index contributed by atoms with van der Waals surface area (Å²) in [5.74, 6) is -0.211. The summed E-state index contributed by atoms with van der Waals surface area (Å²) in [4.78, 5) is 9.82. The maximum absolute atomic E-state index is 9.82. The van der Waals surface area contributed by atoms with Crippen molar-refractivity contribution in [3.63, 3.8) is 0 Å². The van der Waals surface area contributed by atoms with E-state index in [9.17, 15) is 4.79 Å². The summed E-state index contributed by atoms with van der Waals surface area (Å²) >= 11 is 0. The molecule has 0 fully saturated rings. The Balaban J connectivity index is -0.000000109. The van der Waals surface area contributed by atoms with Gasteiger partial charge in [-0.15, -0.1) is 0 Å². The molecule has 48 valence electrons. The Hall–Kier alpha value is -0.417. The van der Waals surface area contributed by atoms with Gasteiger partial charge in [0.15, 0.2) is 0 Å². The van der Waals surface area contributed by atoms with E-state index in [-0.39, 0.29) is 25.4 Å². The number of hydrogen-bond acceptors (Lipinski definition) is 3. The van der Waals surface area contributed by atoms with Gasteiger partial charge < -0.3 is 16.6 Å². The zero-order valence-electron chi connectivity index (χ0n) is 5.68. The molecule has 0 amide bonds. The van der Waals surface area contributed by atoms with Gasteiger partial charge in [-0.1, -0.05) is 0 Å². The van der Waals surface area contributed by atoms with Crippen molar-refractivity contribution in [1.82, 2.24) is 0 Å². The fourth-order valence-corrected chi connectivity index (χ4v) is 0.203. The topological polar surface area (TPSA) is 50.1 Å². The molecular formula is C5H8NO2Zn-. The van der Waals surface area contributed by atoms with Crippen LogP contribution < -0.4 is 0 Å². The predicted octanol–water partition coefficient (Wildman–Crippen LogP) is 0.663. The van der Waals surface area contributed by atoms with Crippen LogP contribution in [0.5, 0.6) is 0 Å². The van der Waals surface area contributed by atoms with Crippen molar-refractivity contribution in [3.8, 4) is 0 Å². The van der Waals surface area contributed by atoms with Crippen LogP contribution in [0.25, 0.3) is 0 Å². The Labute approximate surface area is 67.8 Å². The number of esters is 1. The molecule has 0 aliphatic rings. The molecule has 9 heavy (non-hydrogen) atoms. The van der Waals surface area contributed by atoms with Gasteiger partial charge in [-0.3, -0.25) is 4.79 Å². The van der Waals surface area contributed by atoms with Crippen molar-refractivity contribution in [2.24, 2.45) is 0 Å². The molecule has 0 aromatic carbocycles. The largest absolute Gasteiger partial charge is 0.512 e. The minimum Gasteiger partial charge on any atom is -0.512 e. The first-order valence-electron chi connectivity index (χ1n) is 2.13. The average molecular weight is 180 g/mol. The number of ether oxygens (including phenoxy) is 1. The Bertz CT molecular complexity index is 82.3. The number of carbonyl (C=O) groups is 1. The Kier molecular flexibility index (Phi) is 27.5. The van der Waals surface area contributed by atoms with E-state index in [1.54, 1.807) is 6.92 Å². The summed E-state index contributed by atoms with van der Waals surface area (Å²) in [6.45, 7) is 8.40. The third-order valence-corrected chi connectivity index (χ3v) is 0.348. The molecule has 0 rings (SSSR count). The first-order chi connectivity index (χ1) is 3.77. The molecule has 0 atom stereocenters. The van der Waals surface area contributed by atoms with Gasteiger partial charge >= 0.3 is 5.97 Å². The van der Waals surface area contributed by atoms with Crippen molar-refractivity contribution in [1.29, 1.82) is 5.26 Å². The van der Waals surface area contributed by atoms with Gasteiger partial charge in [-0.05, 0) is 6.92 Å². The first-order valence-corrected chi connectivity index (χ1v) is 2.13. The van der Waals surface area contributed by atoms with E-state index >= 15 is 0 Å². The van der Waals surface area contributed by atoms with E-state index in [0.29, 0.717) is 6.61 Å². The predicted molar refractivity (Wildman–Crippen MR) is 27.3 cm³/mol. The second-order valence-corrected chi connectivity index (χ2v) is 0.925. The molecule has 0 spiro atoms. The molecule has 0 N–H and O–H groups in total. The molecule has 3 nitrogen and oxygen atoms in total. The van der Waals surface area contributed by atoms with Crippen molar-refractivity contribution in [2.75, 3.05) is 6.61 Å². The normalized spacial score (nSPS) is 5.33. The second kappa shape index (κ2) is 15.6. The number of carbonyl (C=O) groups excluding carboxylic acids is 1. The molecule has 0 heterocycles. The molecule has 0 saturated heterocycles. The summed E-state index contributed by atoms with van der Waals surface area (Å²) < 4.78 is 4.40. The van der Waals surface area contributed by atoms with Crippen molar-refractivity contribution < 1.29 is 29.0 Å². The number of nitrogens with zero attached hydrogens (tertiary/aromatic N) is 1. The fraction of sp³-hybridized carbons (Fsp3) is 0.600. The third-order valence-electron chi connectivity index (χ3n) is 0.348. The quantitative estimate of drug-likeness (QED) is 0.338. The van der Waals surface area contributed by atoms with E-state index in [0.717, 1.165) is 0 Å². The minimum absolute atomic E-state index is 0. The van der Waals surface area contributed by atoms with Gasteiger partial charge in [0.2, 0.25) is 0 Å². The summed E-state index contributed by atoms with van der Waals surface area (Å²) in [6, 6.07) is 0. The van der Waals surface area contributed by atoms with Crippen LogP contribution in [0.2, 0.25) is 0 Å². The summed E-state index contributed by atoms with van der Waals surface area (Å²) in [7, 11) is 0. The summed E-state index contributed by atoms with van der Waals surface area (Å²) in [5.41, 5.74) is 0. The fourth-order valence-electron chi connectivity index (χ4n) is 0.203. The first kappa shape index (κ1) is 15.8. The van der Waals surface area contributed by atoms with Gasteiger partial charge in [0.25, 0.3) is 0 Å². The average Bonchev–Trinajstić information content (AvgIpc) is 1.72. The van der Waals surface area contributed by atoms with E-state index < -0.39 is 0 Å². The molecule has 0 aromatic rings. The van der Waals surface area contributed by atoms with Crippen LogP contribution in [0, 0.1) is 11.8 Å². The molecule has 4 heteroatoms. The van der Waals surface area contributed by atoms with Gasteiger partial charge in [0, 0.05) is 26.4 Å². The smallest absolute Gasteiger partial charge is 0.302 e.